The normalized spacial score (nSPS) is 10.1. The van der Waals surface area contributed by atoms with E-state index >= 15 is 0 Å². The van der Waals surface area contributed by atoms with Crippen molar-refractivity contribution in [1.82, 2.24) is 4.98 Å². The monoisotopic (exact) mass is 242 g/mol. The lowest BCUT2D eigenvalue weighted by Crippen LogP contribution is -2.06. The summed E-state index contributed by atoms with van der Waals surface area (Å²) >= 11 is 0. The van der Waals surface area contributed by atoms with Gasteiger partial charge in [-0.05, 0) is 18.6 Å². The molecule has 0 saturated heterocycles. The van der Waals surface area contributed by atoms with Gasteiger partial charge in [-0.3, -0.25) is 4.98 Å². The average Bonchev–Trinajstić information content (AvgIpc) is 2.38. The Hall–Kier alpha value is -2.36. The first-order valence-corrected chi connectivity index (χ1v) is 5.63. The van der Waals surface area contributed by atoms with Gasteiger partial charge in [0.1, 0.15) is 5.56 Å². The van der Waals surface area contributed by atoms with Gasteiger partial charge >= 0.3 is 5.97 Å². The minimum absolute atomic E-state index is 0.185. The molecule has 0 aliphatic heterocycles. The van der Waals surface area contributed by atoms with Crippen molar-refractivity contribution in [3.05, 3.63) is 59.4 Å². The van der Waals surface area contributed by atoms with E-state index in [4.69, 9.17) is 5.11 Å². The predicted molar refractivity (Wildman–Crippen MR) is 69.7 cm³/mol. The molecule has 0 saturated carbocycles. The predicted octanol–water partition coefficient (Wildman–Crippen LogP) is 2.70. The zero-order valence-electron chi connectivity index (χ0n) is 10.1. The number of carboxylic acids is 1. The Morgan fingerprint density at radius 3 is 2.67 bits per heavy atom. The van der Waals surface area contributed by atoms with E-state index in [9.17, 15) is 4.79 Å². The van der Waals surface area contributed by atoms with Crippen molar-refractivity contribution in [2.45, 2.75) is 13.5 Å². The van der Waals surface area contributed by atoms with Crippen LogP contribution < -0.4 is 5.32 Å². The van der Waals surface area contributed by atoms with Gasteiger partial charge in [-0.2, -0.15) is 0 Å². The molecule has 2 aromatic rings. The maximum atomic E-state index is 11.0. The van der Waals surface area contributed by atoms with Crippen LogP contribution in [0.15, 0.2) is 42.7 Å². The summed E-state index contributed by atoms with van der Waals surface area (Å²) in [6.07, 6.45) is 2.92. The fourth-order valence-corrected chi connectivity index (χ4v) is 1.62. The molecule has 0 spiro atoms. The van der Waals surface area contributed by atoms with Gasteiger partial charge in [-0.25, -0.2) is 4.79 Å². The molecule has 1 aromatic heterocycles. The number of carbonyl (C=O) groups is 1. The summed E-state index contributed by atoms with van der Waals surface area (Å²) in [7, 11) is 0. The smallest absolute Gasteiger partial charge is 0.339 e. The Labute approximate surface area is 105 Å². The largest absolute Gasteiger partial charge is 0.478 e. The number of aromatic carboxylic acids is 1. The van der Waals surface area contributed by atoms with Gasteiger partial charge in [0.15, 0.2) is 0 Å². The van der Waals surface area contributed by atoms with E-state index in [1.54, 1.807) is 12.3 Å². The fourth-order valence-electron chi connectivity index (χ4n) is 1.62. The lowest BCUT2D eigenvalue weighted by molar-refractivity contribution is 0.0697. The summed E-state index contributed by atoms with van der Waals surface area (Å²) in [6.45, 7) is 2.62. The number of benzene rings is 1. The summed E-state index contributed by atoms with van der Waals surface area (Å²) in [6, 6.07) is 9.76. The van der Waals surface area contributed by atoms with Gasteiger partial charge in [-0.15, -0.1) is 0 Å². The van der Waals surface area contributed by atoms with Crippen LogP contribution in [0, 0.1) is 6.92 Å². The Morgan fingerprint density at radius 2 is 2.00 bits per heavy atom. The molecule has 0 fully saturated rings. The minimum atomic E-state index is -0.977. The van der Waals surface area contributed by atoms with Crippen LogP contribution in [-0.2, 0) is 6.54 Å². The Morgan fingerprint density at radius 1 is 1.28 bits per heavy atom. The number of rotatable bonds is 4. The van der Waals surface area contributed by atoms with Gasteiger partial charge < -0.3 is 10.4 Å². The van der Waals surface area contributed by atoms with Crippen LogP contribution in [0.5, 0.6) is 0 Å². The van der Waals surface area contributed by atoms with Gasteiger partial charge in [0.05, 0.1) is 5.69 Å². The molecule has 2 N–H and O–H groups in total. The Bertz CT molecular complexity index is 550. The number of hydrogen-bond acceptors (Lipinski definition) is 3. The van der Waals surface area contributed by atoms with Crippen molar-refractivity contribution >= 4 is 11.7 Å². The molecule has 92 valence electrons. The molecule has 0 unspecified atom stereocenters. The van der Waals surface area contributed by atoms with E-state index in [0.29, 0.717) is 12.2 Å². The fraction of sp³-hybridized carbons (Fsp3) is 0.143. The van der Waals surface area contributed by atoms with E-state index in [1.165, 1.54) is 11.8 Å². The van der Waals surface area contributed by atoms with Crippen molar-refractivity contribution in [1.29, 1.82) is 0 Å². The quantitative estimate of drug-likeness (QED) is 0.865. The van der Waals surface area contributed by atoms with Crippen LogP contribution in [0.4, 0.5) is 5.69 Å². The number of nitrogens with zero attached hydrogens (tertiary/aromatic N) is 1. The highest BCUT2D eigenvalue weighted by Crippen LogP contribution is 2.15. The third-order valence-corrected chi connectivity index (χ3v) is 2.66. The third kappa shape index (κ3) is 2.85. The Kier molecular flexibility index (Phi) is 3.57. The van der Waals surface area contributed by atoms with E-state index in [0.717, 1.165) is 5.56 Å². The number of nitrogens with one attached hydrogen (secondary N) is 1. The molecular formula is C14H14N2O2. The van der Waals surface area contributed by atoms with Crippen molar-refractivity contribution in [3.63, 3.8) is 0 Å². The highest BCUT2D eigenvalue weighted by molar-refractivity contribution is 5.93. The maximum Gasteiger partial charge on any atom is 0.339 e. The van der Waals surface area contributed by atoms with E-state index in [2.05, 4.69) is 10.3 Å². The molecule has 4 heteroatoms. The second-order valence-electron chi connectivity index (χ2n) is 4.07. The van der Waals surface area contributed by atoms with Gasteiger partial charge in [0, 0.05) is 18.9 Å². The molecule has 0 amide bonds. The minimum Gasteiger partial charge on any atom is -0.478 e. The number of aryl methyl sites for hydroxylation is 1. The molecule has 0 atom stereocenters. The van der Waals surface area contributed by atoms with Crippen LogP contribution >= 0.6 is 0 Å². The number of pyridine rings is 1. The summed E-state index contributed by atoms with van der Waals surface area (Å²) < 4.78 is 0. The second kappa shape index (κ2) is 5.31. The zero-order chi connectivity index (χ0) is 13.0. The number of hydrogen-bond donors (Lipinski definition) is 2. The molecule has 1 heterocycles. The number of carboxylic acid groups (broad SMARTS) is 1. The van der Waals surface area contributed by atoms with E-state index in [-0.39, 0.29) is 5.56 Å². The van der Waals surface area contributed by atoms with Gasteiger partial charge in [0.25, 0.3) is 0 Å². The van der Waals surface area contributed by atoms with Crippen molar-refractivity contribution in [2.24, 2.45) is 0 Å². The molecule has 2 rings (SSSR count). The second-order valence-corrected chi connectivity index (χ2v) is 4.07. The maximum absolute atomic E-state index is 11.0. The lowest BCUT2D eigenvalue weighted by Gasteiger charge is -2.09. The van der Waals surface area contributed by atoms with Gasteiger partial charge in [-0.1, -0.05) is 29.8 Å². The van der Waals surface area contributed by atoms with Crippen molar-refractivity contribution in [3.8, 4) is 0 Å². The van der Waals surface area contributed by atoms with Gasteiger partial charge in [0.2, 0.25) is 0 Å². The van der Waals surface area contributed by atoms with Crippen molar-refractivity contribution in [2.75, 3.05) is 5.32 Å². The molecule has 0 aliphatic carbocycles. The lowest BCUT2D eigenvalue weighted by atomic mass is 10.1. The highest BCUT2D eigenvalue weighted by Gasteiger charge is 2.08. The van der Waals surface area contributed by atoms with Crippen LogP contribution in [0.25, 0.3) is 0 Å². The molecule has 0 bridgehead atoms. The Balaban J connectivity index is 2.10. The van der Waals surface area contributed by atoms with Crippen LogP contribution in [-0.4, -0.2) is 16.1 Å². The van der Waals surface area contributed by atoms with Crippen LogP contribution in [0.1, 0.15) is 21.5 Å². The van der Waals surface area contributed by atoms with E-state index < -0.39 is 5.97 Å². The summed E-state index contributed by atoms with van der Waals surface area (Å²) in [4.78, 5) is 14.8. The number of aromatic nitrogens is 1. The SMILES string of the molecule is Cc1ccc(CNc2ccncc2C(=O)O)cc1. The molecule has 18 heavy (non-hydrogen) atoms. The van der Waals surface area contributed by atoms with Crippen LogP contribution in [0.2, 0.25) is 0 Å². The number of anilines is 1. The third-order valence-electron chi connectivity index (χ3n) is 2.66. The van der Waals surface area contributed by atoms with E-state index in [1.807, 2.05) is 31.2 Å². The summed E-state index contributed by atoms with van der Waals surface area (Å²) in [5.41, 5.74) is 3.07. The molecule has 1 aromatic carbocycles. The molecular weight excluding hydrogens is 228 g/mol. The first kappa shape index (κ1) is 12.1. The topological polar surface area (TPSA) is 62.2 Å². The molecule has 0 aliphatic rings. The molecule has 4 nitrogen and oxygen atoms in total. The van der Waals surface area contributed by atoms with Crippen LogP contribution in [0.3, 0.4) is 0 Å². The zero-order valence-corrected chi connectivity index (χ0v) is 10.1. The summed E-state index contributed by atoms with van der Waals surface area (Å²) in [5.74, 6) is -0.977. The summed E-state index contributed by atoms with van der Waals surface area (Å²) in [5, 5.41) is 12.1. The van der Waals surface area contributed by atoms with Crippen molar-refractivity contribution < 1.29 is 9.90 Å². The average molecular weight is 242 g/mol. The first-order valence-electron chi connectivity index (χ1n) is 5.63. The standard InChI is InChI=1S/C14H14N2O2/c1-10-2-4-11(5-3-10)8-16-13-6-7-15-9-12(13)14(17)18/h2-7,9H,8H2,1H3,(H,15,16)(H,17,18). The molecule has 0 radical (unpaired) electrons. The highest BCUT2D eigenvalue weighted by atomic mass is 16.4. The first-order chi connectivity index (χ1) is 8.66.